The Morgan fingerprint density at radius 2 is 2.04 bits per heavy atom. The number of hydrogen-bond donors (Lipinski definition) is 1. The van der Waals surface area contributed by atoms with Gasteiger partial charge in [-0.2, -0.15) is 5.10 Å². The van der Waals surface area contributed by atoms with Crippen LogP contribution in [0.5, 0.6) is 0 Å². The minimum Gasteiger partial charge on any atom is -0.347 e. The van der Waals surface area contributed by atoms with Gasteiger partial charge in [0.1, 0.15) is 6.54 Å². The maximum Gasteiger partial charge on any atom is 0.245 e. The molecule has 0 aromatic carbocycles. The van der Waals surface area contributed by atoms with E-state index in [-0.39, 0.29) is 30.2 Å². The Morgan fingerprint density at radius 3 is 2.62 bits per heavy atom. The molecule has 3 amide bonds. The summed E-state index contributed by atoms with van der Waals surface area (Å²) in [6, 6.07) is 1.66. The minimum atomic E-state index is -0.146. The molecular weight excluding hydrogens is 310 g/mol. The van der Waals surface area contributed by atoms with Crippen LogP contribution in [0.15, 0.2) is 24.9 Å². The molecule has 1 aromatic heterocycles. The average Bonchev–Trinajstić information content (AvgIpc) is 3.01. The molecule has 1 saturated heterocycles. The van der Waals surface area contributed by atoms with E-state index in [1.807, 2.05) is 0 Å². The van der Waals surface area contributed by atoms with Gasteiger partial charge in [-0.15, -0.1) is 0 Å². The Balaban J connectivity index is 1.85. The summed E-state index contributed by atoms with van der Waals surface area (Å²) in [7, 11) is 3.36. The van der Waals surface area contributed by atoms with Gasteiger partial charge < -0.3 is 15.1 Å². The third-order valence-electron chi connectivity index (χ3n) is 4.04. The van der Waals surface area contributed by atoms with Gasteiger partial charge in [0.05, 0.1) is 0 Å². The molecule has 8 heteroatoms. The Bertz CT molecular complexity index is 629. The second-order valence-corrected chi connectivity index (χ2v) is 5.98. The molecule has 130 valence electrons. The number of likely N-dealkylation sites (N-methyl/N-ethyl adjacent to an activating group) is 1. The van der Waals surface area contributed by atoms with E-state index >= 15 is 0 Å². The van der Waals surface area contributed by atoms with Crippen LogP contribution in [-0.4, -0.2) is 64.5 Å². The summed E-state index contributed by atoms with van der Waals surface area (Å²) >= 11 is 0. The van der Waals surface area contributed by atoms with Crippen molar-refractivity contribution in [2.45, 2.75) is 19.4 Å². The Morgan fingerprint density at radius 1 is 1.38 bits per heavy atom. The van der Waals surface area contributed by atoms with Gasteiger partial charge in [-0.1, -0.05) is 6.58 Å². The Hall–Kier alpha value is -2.64. The molecule has 1 aromatic rings. The van der Waals surface area contributed by atoms with Crippen molar-refractivity contribution in [1.29, 1.82) is 0 Å². The molecule has 1 N–H and O–H groups in total. The minimum absolute atomic E-state index is 0.0739. The molecule has 24 heavy (non-hydrogen) atoms. The quantitative estimate of drug-likeness (QED) is 0.787. The van der Waals surface area contributed by atoms with Gasteiger partial charge in [-0.25, -0.2) is 0 Å². The summed E-state index contributed by atoms with van der Waals surface area (Å²) < 4.78 is 1.49. The fraction of sp³-hybridized carbons (Fsp3) is 0.500. The molecular formula is C16H23N5O3. The van der Waals surface area contributed by atoms with Gasteiger partial charge in [0, 0.05) is 45.4 Å². The van der Waals surface area contributed by atoms with E-state index in [4.69, 9.17) is 0 Å². The molecule has 1 aliphatic heterocycles. The Labute approximate surface area is 141 Å². The maximum absolute atomic E-state index is 12.3. The first-order valence-corrected chi connectivity index (χ1v) is 7.86. The van der Waals surface area contributed by atoms with Gasteiger partial charge in [-0.3, -0.25) is 19.1 Å². The molecule has 0 bridgehead atoms. The lowest BCUT2D eigenvalue weighted by atomic mass is 9.96. The molecule has 8 nitrogen and oxygen atoms in total. The SMILES string of the molecule is C=CC(=O)N1CCC(C(=O)Nc2ccn(CC(=O)N(C)C)n2)CC1. The number of anilines is 1. The molecule has 0 saturated carbocycles. The van der Waals surface area contributed by atoms with Gasteiger partial charge in [0.2, 0.25) is 17.7 Å². The smallest absolute Gasteiger partial charge is 0.245 e. The molecule has 2 heterocycles. The summed E-state index contributed by atoms with van der Waals surface area (Å²) in [6.07, 6.45) is 4.18. The molecule has 1 aliphatic rings. The number of amides is 3. The van der Waals surface area contributed by atoms with Gasteiger partial charge in [0.15, 0.2) is 5.82 Å². The first-order valence-electron chi connectivity index (χ1n) is 7.86. The molecule has 0 unspecified atom stereocenters. The summed E-state index contributed by atoms with van der Waals surface area (Å²) in [5, 5.41) is 6.96. The summed E-state index contributed by atoms with van der Waals surface area (Å²) in [4.78, 5) is 38.6. The number of carbonyl (C=O) groups excluding carboxylic acids is 3. The topological polar surface area (TPSA) is 87.5 Å². The van der Waals surface area contributed by atoms with Crippen LogP contribution < -0.4 is 5.32 Å². The van der Waals surface area contributed by atoms with E-state index in [0.717, 1.165) is 0 Å². The zero-order valence-corrected chi connectivity index (χ0v) is 14.1. The van der Waals surface area contributed by atoms with Gasteiger partial charge >= 0.3 is 0 Å². The van der Waals surface area contributed by atoms with Crippen molar-refractivity contribution in [2.75, 3.05) is 32.5 Å². The van der Waals surface area contributed by atoms with E-state index in [1.54, 1.807) is 31.3 Å². The van der Waals surface area contributed by atoms with Crippen molar-refractivity contribution in [1.82, 2.24) is 19.6 Å². The van der Waals surface area contributed by atoms with E-state index in [9.17, 15) is 14.4 Å². The normalized spacial score (nSPS) is 15.0. The summed E-state index contributed by atoms with van der Waals surface area (Å²) in [6.45, 7) is 4.70. The number of likely N-dealkylation sites (tertiary alicyclic amines) is 1. The third-order valence-corrected chi connectivity index (χ3v) is 4.04. The predicted molar refractivity (Wildman–Crippen MR) is 89.1 cm³/mol. The van der Waals surface area contributed by atoms with E-state index < -0.39 is 0 Å². The highest BCUT2D eigenvalue weighted by atomic mass is 16.2. The highest BCUT2D eigenvalue weighted by Crippen LogP contribution is 2.19. The van der Waals surface area contributed by atoms with Crippen LogP contribution >= 0.6 is 0 Å². The van der Waals surface area contributed by atoms with Crippen LogP contribution in [0.25, 0.3) is 0 Å². The van der Waals surface area contributed by atoms with Crippen molar-refractivity contribution in [3.8, 4) is 0 Å². The van der Waals surface area contributed by atoms with Crippen molar-refractivity contribution in [3.05, 3.63) is 24.9 Å². The highest BCUT2D eigenvalue weighted by molar-refractivity contribution is 5.92. The Kier molecular flexibility index (Phi) is 5.73. The van der Waals surface area contributed by atoms with E-state index in [0.29, 0.717) is 31.7 Å². The number of aromatic nitrogens is 2. The largest absolute Gasteiger partial charge is 0.347 e. The molecule has 0 spiro atoms. The number of hydrogen-bond acceptors (Lipinski definition) is 4. The standard InChI is InChI=1S/C16H23N5O3/c1-4-14(22)20-8-5-12(6-9-20)16(24)17-13-7-10-21(18-13)11-15(23)19(2)3/h4,7,10,12H,1,5-6,8-9,11H2,2-3H3,(H,17,18,24). The van der Waals surface area contributed by atoms with Crippen molar-refractivity contribution < 1.29 is 14.4 Å². The molecule has 2 rings (SSSR count). The number of nitrogens with one attached hydrogen (secondary N) is 1. The number of carbonyl (C=O) groups is 3. The second kappa shape index (κ2) is 7.76. The first kappa shape index (κ1) is 17.7. The summed E-state index contributed by atoms with van der Waals surface area (Å²) in [5.74, 6) is 0.00172. The predicted octanol–water partition coefficient (Wildman–Crippen LogP) is 0.334. The van der Waals surface area contributed by atoms with E-state index in [1.165, 1.54) is 15.7 Å². The van der Waals surface area contributed by atoms with Crippen LogP contribution in [-0.2, 0) is 20.9 Å². The van der Waals surface area contributed by atoms with Crippen LogP contribution in [0.2, 0.25) is 0 Å². The zero-order chi connectivity index (χ0) is 17.7. The fourth-order valence-electron chi connectivity index (χ4n) is 2.52. The fourth-order valence-corrected chi connectivity index (χ4v) is 2.52. The lowest BCUT2D eigenvalue weighted by molar-refractivity contribution is -0.130. The monoisotopic (exact) mass is 333 g/mol. The van der Waals surface area contributed by atoms with Crippen LogP contribution in [0.1, 0.15) is 12.8 Å². The lowest BCUT2D eigenvalue weighted by Crippen LogP contribution is -2.40. The van der Waals surface area contributed by atoms with Crippen molar-refractivity contribution in [2.24, 2.45) is 5.92 Å². The van der Waals surface area contributed by atoms with Crippen molar-refractivity contribution >= 4 is 23.5 Å². The lowest BCUT2D eigenvalue weighted by Gasteiger charge is -2.30. The van der Waals surface area contributed by atoms with Gasteiger partial charge in [0.25, 0.3) is 0 Å². The van der Waals surface area contributed by atoms with Gasteiger partial charge in [-0.05, 0) is 18.9 Å². The first-order chi connectivity index (χ1) is 11.4. The summed E-state index contributed by atoms with van der Waals surface area (Å²) in [5.41, 5.74) is 0. The number of piperidine rings is 1. The molecule has 0 aliphatic carbocycles. The van der Waals surface area contributed by atoms with Crippen LogP contribution in [0, 0.1) is 5.92 Å². The maximum atomic E-state index is 12.3. The van der Waals surface area contributed by atoms with Crippen LogP contribution in [0.3, 0.4) is 0 Å². The molecule has 0 radical (unpaired) electrons. The number of nitrogens with zero attached hydrogens (tertiary/aromatic N) is 4. The highest BCUT2D eigenvalue weighted by Gasteiger charge is 2.26. The third kappa shape index (κ3) is 4.43. The van der Waals surface area contributed by atoms with Crippen LogP contribution in [0.4, 0.5) is 5.82 Å². The second-order valence-electron chi connectivity index (χ2n) is 5.98. The molecule has 1 fully saturated rings. The number of rotatable bonds is 5. The zero-order valence-electron chi connectivity index (χ0n) is 14.1. The molecule has 0 atom stereocenters. The van der Waals surface area contributed by atoms with Crippen molar-refractivity contribution in [3.63, 3.8) is 0 Å². The average molecular weight is 333 g/mol. The van der Waals surface area contributed by atoms with E-state index in [2.05, 4.69) is 17.0 Å².